The summed E-state index contributed by atoms with van der Waals surface area (Å²) in [5.74, 6) is -0.134. The lowest BCUT2D eigenvalue weighted by Crippen LogP contribution is -2.48. The van der Waals surface area contributed by atoms with Crippen LogP contribution in [0.25, 0.3) is 5.65 Å². The number of hydrazine groups is 1. The number of hydrogen-bond acceptors (Lipinski definition) is 4. The van der Waals surface area contributed by atoms with Crippen LogP contribution in [0.3, 0.4) is 0 Å². The normalized spacial score (nSPS) is 14.1. The Morgan fingerprint density at radius 1 is 1.29 bits per heavy atom. The van der Waals surface area contributed by atoms with Gasteiger partial charge >= 0.3 is 0 Å². The van der Waals surface area contributed by atoms with E-state index in [9.17, 15) is 4.79 Å². The molecule has 3 aromatic rings. The first kappa shape index (κ1) is 15.6. The van der Waals surface area contributed by atoms with E-state index in [0.717, 1.165) is 21.1 Å². The van der Waals surface area contributed by atoms with Gasteiger partial charge in [0.05, 0.1) is 10.2 Å². The molecule has 4 rings (SSSR count). The highest BCUT2D eigenvalue weighted by molar-refractivity contribution is 9.10. The number of amides is 1. The van der Waals surface area contributed by atoms with E-state index in [1.165, 1.54) is 5.56 Å². The fraction of sp³-hybridized carbons (Fsp3) is 0.188. The Hall–Kier alpha value is -1.93. The highest BCUT2D eigenvalue weighted by Crippen LogP contribution is 2.32. The number of rotatable bonds is 1. The number of anilines is 1. The summed E-state index contributed by atoms with van der Waals surface area (Å²) in [6, 6.07) is 7.72. The maximum atomic E-state index is 12.9. The first-order chi connectivity index (χ1) is 11.5. The molecule has 0 saturated carbocycles. The zero-order chi connectivity index (χ0) is 16.8. The summed E-state index contributed by atoms with van der Waals surface area (Å²) in [4.78, 5) is 17.2. The van der Waals surface area contributed by atoms with E-state index >= 15 is 0 Å². The van der Waals surface area contributed by atoms with Crippen LogP contribution in [0.1, 0.15) is 16.1 Å². The van der Waals surface area contributed by atoms with Gasteiger partial charge < -0.3 is 0 Å². The zero-order valence-electron chi connectivity index (χ0n) is 12.8. The van der Waals surface area contributed by atoms with Crippen molar-refractivity contribution in [3.8, 4) is 0 Å². The molecule has 24 heavy (non-hydrogen) atoms. The zero-order valence-corrected chi connectivity index (χ0v) is 16.0. The van der Waals surface area contributed by atoms with E-state index in [0.29, 0.717) is 17.9 Å². The molecule has 0 spiro atoms. The van der Waals surface area contributed by atoms with Crippen molar-refractivity contribution < 1.29 is 4.79 Å². The van der Waals surface area contributed by atoms with Crippen LogP contribution in [0.5, 0.6) is 0 Å². The highest BCUT2D eigenvalue weighted by atomic mass is 79.9. The van der Waals surface area contributed by atoms with Gasteiger partial charge in [0.1, 0.15) is 0 Å². The fourth-order valence-electron chi connectivity index (χ4n) is 2.92. The minimum absolute atomic E-state index is 0.134. The quantitative estimate of drug-likeness (QED) is 0.570. The lowest BCUT2D eigenvalue weighted by Gasteiger charge is -2.38. The molecule has 3 heterocycles. The molecule has 0 fully saturated rings. The van der Waals surface area contributed by atoms with Gasteiger partial charge in [-0.3, -0.25) is 9.80 Å². The third kappa shape index (κ3) is 2.50. The summed E-state index contributed by atoms with van der Waals surface area (Å²) in [6.45, 7) is 0.607. The predicted octanol–water partition coefficient (Wildman–Crippen LogP) is 3.30. The Bertz CT molecular complexity index is 955. The first-order valence-electron chi connectivity index (χ1n) is 7.38. The maximum Gasteiger partial charge on any atom is 0.292 e. The van der Waals surface area contributed by atoms with Gasteiger partial charge in [0, 0.05) is 36.5 Å². The smallest absolute Gasteiger partial charge is 0.285 e. The maximum absolute atomic E-state index is 12.9. The van der Waals surface area contributed by atoms with Crippen molar-refractivity contribution in [2.75, 3.05) is 18.6 Å². The average Bonchev–Trinajstić information content (AvgIpc) is 2.98. The minimum Gasteiger partial charge on any atom is -0.285 e. The lowest BCUT2D eigenvalue weighted by atomic mass is 10.1. The molecule has 2 aromatic heterocycles. The molecule has 122 valence electrons. The SMILES string of the molecule is CN1c2cccc(Br)c2CCN1C(=O)c1cc2ncc(Br)cn2n1. The van der Waals surface area contributed by atoms with Crippen LogP contribution in [-0.2, 0) is 6.42 Å². The van der Waals surface area contributed by atoms with Gasteiger partial charge in [0.15, 0.2) is 11.3 Å². The number of hydrogen-bond donors (Lipinski definition) is 0. The van der Waals surface area contributed by atoms with Crippen molar-refractivity contribution in [3.63, 3.8) is 0 Å². The number of fused-ring (bicyclic) bond motifs is 2. The topological polar surface area (TPSA) is 53.7 Å². The van der Waals surface area contributed by atoms with Gasteiger partial charge in [0.25, 0.3) is 5.91 Å². The van der Waals surface area contributed by atoms with Crippen LogP contribution in [0.15, 0.2) is 45.6 Å². The van der Waals surface area contributed by atoms with E-state index in [1.807, 2.05) is 30.3 Å². The summed E-state index contributed by atoms with van der Waals surface area (Å²) in [7, 11) is 1.90. The third-order valence-electron chi connectivity index (χ3n) is 4.11. The molecule has 6 nitrogen and oxygen atoms in total. The van der Waals surface area contributed by atoms with E-state index in [4.69, 9.17) is 0 Å². The standard InChI is InChI=1S/C16H13Br2N5O/c1-21-14-4-2-3-12(18)11(14)5-6-23(21)16(24)13-7-15-19-8-10(17)9-22(15)20-13/h2-4,7-9H,5-6H2,1H3. The van der Waals surface area contributed by atoms with Crippen molar-refractivity contribution in [2.24, 2.45) is 0 Å². The van der Waals surface area contributed by atoms with Gasteiger partial charge in [-0.1, -0.05) is 22.0 Å². The fourth-order valence-corrected chi connectivity index (χ4v) is 3.77. The summed E-state index contributed by atoms with van der Waals surface area (Å²) in [5.41, 5.74) is 3.26. The molecule has 0 aliphatic carbocycles. The second-order valence-corrected chi connectivity index (χ2v) is 7.31. The summed E-state index contributed by atoms with van der Waals surface area (Å²) in [6.07, 6.45) is 4.27. The van der Waals surface area contributed by atoms with Crippen LogP contribution in [-0.4, -0.2) is 39.1 Å². The van der Waals surface area contributed by atoms with Crippen molar-refractivity contribution in [3.05, 3.63) is 56.9 Å². The molecule has 0 bridgehead atoms. The van der Waals surface area contributed by atoms with Gasteiger partial charge in [-0.25, -0.2) is 14.5 Å². The second kappa shape index (κ2) is 5.86. The van der Waals surface area contributed by atoms with E-state index in [2.05, 4.69) is 41.9 Å². The van der Waals surface area contributed by atoms with Crippen molar-refractivity contribution in [1.29, 1.82) is 0 Å². The molecule has 1 aliphatic heterocycles. The lowest BCUT2D eigenvalue weighted by molar-refractivity contribution is 0.0732. The van der Waals surface area contributed by atoms with Gasteiger partial charge in [-0.2, -0.15) is 5.10 Å². The summed E-state index contributed by atoms with van der Waals surface area (Å²) >= 11 is 6.94. The second-order valence-electron chi connectivity index (χ2n) is 5.54. The molecule has 0 unspecified atom stereocenters. The van der Waals surface area contributed by atoms with Crippen LogP contribution < -0.4 is 5.01 Å². The molecule has 1 amide bonds. The largest absolute Gasteiger partial charge is 0.292 e. The van der Waals surface area contributed by atoms with Gasteiger partial charge in [0.2, 0.25) is 0 Å². The molecule has 0 N–H and O–H groups in total. The van der Waals surface area contributed by atoms with Crippen LogP contribution in [0, 0.1) is 0 Å². The van der Waals surface area contributed by atoms with E-state index in [1.54, 1.807) is 28.0 Å². The molecule has 0 atom stereocenters. The van der Waals surface area contributed by atoms with Crippen LogP contribution in [0.4, 0.5) is 5.69 Å². The summed E-state index contributed by atoms with van der Waals surface area (Å²) in [5, 5.41) is 7.96. The molecule has 1 aromatic carbocycles. The Labute approximate surface area is 155 Å². The molecule has 0 saturated heterocycles. The Kier molecular flexibility index (Phi) is 3.80. The number of halogens is 2. The monoisotopic (exact) mass is 449 g/mol. The average molecular weight is 451 g/mol. The van der Waals surface area contributed by atoms with E-state index in [-0.39, 0.29) is 5.91 Å². The number of nitrogens with zero attached hydrogens (tertiary/aromatic N) is 5. The van der Waals surface area contributed by atoms with Gasteiger partial charge in [-0.15, -0.1) is 0 Å². The number of benzene rings is 1. The molecule has 1 aliphatic rings. The first-order valence-corrected chi connectivity index (χ1v) is 8.97. The molecular formula is C16H13Br2N5O. The Morgan fingerprint density at radius 3 is 2.96 bits per heavy atom. The third-order valence-corrected chi connectivity index (χ3v) is 5.27. The predicted molar refractivity (Wildman–Crippen MR) is 98.0 cm³/mol. The van der Waals surface area contributed by atoms with E-state index < -0.39 is 0 Å². The van der Waals surface area contributed by atoms with Crippen LogP contribution >= 0.6 is 31.9 Å². The minimum atomic E-state index is -0.134. The van der Waals surface area contributed by atoms with Gasteiger partial charge in [-0.05, 0) is 40.0 Å². The number of carbonyl (C=O) groups excluding carboxylic acids is 1. The van der Waals surface area contributed by atoms with Crippen LogP contribution in [0.2, 0.25) is 0 Å². The number of aromatic nitrogens is 3. The molecular weight excluding hydrogens is 438 g/mol. The number of carbonyl (C=O) groups is 1. The van der Waals surface area contributed by atoms with Crippen molar-refractivity contribution >= 4 is 49.1 Å². The Balaban J connectivity index is 1.69. The highest BCUT2D eigenvalue weighted by Gasteiger charge is 2.28. The summed E-state index contributed by atoms with van der Waals surface area (Å²) < 4.78 is 3.48. The van der Waals surface area contributed by atoms with Crippen molar-refractivity contribution in [2.45, 2.75) is 6.42 Å². The Morgan fingerprint density at radius 2 is 2.12 bits per heavy atom. The van der Waals surface area contributed by atoms with Crippen molar-refractivity contribution in [1.82, 2.24) is 19.6 Å². The molecule has 8 heteroatoms. The molecule has 0 radical (unpaired) electrons.